The van der Waals surface area contributed by atoms with Crippen LogP contribution in [0.4, 0.5) is 0 Å². The van der Waals surface area contributed by atoms with Crippen molar-refractivity contribution in [1.82, 2.24) is 0 Å². The standard InChI is InChI=1S/C42H70O15/c1-37(2)12-20-19-8-9-24-38(3)11-10-26(56-35-32(52)30(50)28(48)22(16-43)54-35)40(5,18-45)34(38)21(46)13-42(24,7)41(19,6)15-27(39(20,4)14-25(37)47)57-36-33(53)31(51)29(49)23(17-44)55-36/h8,20-36,43-53H,9-18H2,1-7H3. The number of rotatable bonds is 7. The van der Waals surface area contributed by atoms with Crippen molar-refractivity contribution in [3.63, 3.8) is 0 Å². The first kappa shape index (κ1) is 44.2. The van der Waals surface area contributed by atoms with E-state index in [-0.39, 0.29) is 18.4 Å². The van der Waals surface area contributed by atoms with Gasteiger partial charge in [0.05, 0.1) is 44.2 Å². The number of hydrogen-bond donors (Lipinski definition) is 11. The minimum atomic E-state index is -1.62. The van der Waals surface area contributed by atoms with Crippen molar-refractivity contribution < 1.29 is 75.1 Å². The lowest BCUT2D eigenvalue weighted by Crippen LogP contribution is -2.71. The van der Waals surface area contributed by atoms with Gasteiger partial charge in [0, 0.05) is 16.7 Å². The number of allylic oxidation sites excluding steroid dienone is 2. The van der Waals surface area contributed by atoms with Crippen LogP contribution in [0.3, 0.4) is 0 Å². The highest BCUT2D eigenvalue weighted by molar-refractivity contribution is 5.36. The maximum Gasteiger partial charge on any atom is 0.186 e. The Kier molecular flexibility index (Phi) is 11.6. The minimum absolute atomic E-state index is 0.00527. The van der Waals surface area contributed by atoms with E-state index in [1.165, 1.54) is 5.57 Å². The van der Waals surface area contributed by atoms with Crippen LogP contribution in [0.15, 0.2) is 11.6 Å². The summed E-state index contributed by atoms with van der Waals surface area (Å²) in [5, 5.41) is 119. The van der Waals surface area contributed by atoms with Gasteiger partial charge in [-0.1, -0.05) is 60.1 Å². The molecule has 2 aliphatic heterocycles. The topological polar surface area (TPSA) is 259 Å². The summed E-state index contributed by atoms with van der Waals surface area (Å²) in [6.45, 7) is 13.3. The zero-order valence-corrected chi connectivity index (χ0v) is 34.5. The molecule has 4 saturated carbocycles. The molecule has 15 heteroatoms. The molecule has 0 bridgehead atoms. The van der Waals surface area contributed by atoms with Crippen molar-refractivity contribution in [1.29, 1.82) is 0 Å². The van der Waals surface area contributed by atoms with E-state index in [4.69, 9.17) is 18.9 Å². The molecule has 2 saturated heterocycles. The number of ether oxygens (including phenoxy) is 4. The molecule has 57 heavy (non-hydrogen) atoms. The van der Waals surface area contributed by atoms with Crippen LogP contribution in [-0.4, -0.2) is 162 Å². The van der Waals surface area contributed by atoms with E-state index in [9.17, 15) is 56.2 Å². The summed E-state index contributed by atoms with van der Waals surface area (Å²) >= 11 is 0. The molecule has 0 aromatic carbocycles. The lowest BCUT2D eigenvalue weighted by Gasteiger charge is -2.73. The van der Waals surface area contributed by atoms with E-state index in [0.717, 1.165) is 0 Å². The van der Waals surface area contributed by atoms with Crippen molar-refractivity contribution in [2.24, 2.45) is 50.2 Å². The lowest BCUT2D eigenvalue weighted by molar-refractivity contribution is -0.341. The summed E-state index contributed by atoms with van der Waals surface area (Å²) in [5.41, 5.74) is -2.46. The van der Waals surface area contributed by atoms with Gasteiger partial charge in [-0.15, -0.1) is 0 Å². The van der Waals surface area contributed by atoms with E-state index >= 15 is 0 Å². The van der Waals surface area contributed by atoms with Crippen molar-refractivity contribution in [3.8, 4) is 0 Å². The van der Waals surface area contributed by atoms with E-state index in [2.05, 4.69) is 47.6 Å². The highest BCUT2D eigenvalue weighted by Crippen LogP contribution is 2.76. The first-order chi connectivity index (χ1) is 26.5. The van der Waals surface area contributed by atoms with Crippen LogP contribution in [0.5, 0.6) is 0 Å². The molecule has 22 unspecified atom stereocenters. The summed E-state index contributed by atoms with van der Waals surface area (Å²) in [7, 11) is 0. The molecule has 0 aromatic heterocycles. The molecule has 15 nitrogen and oxygen atoms in total. The van der Waals surface area contributed by atoms with Crippen LogP contribution in [0, 0.1) is 50.2 Å². The fourth-order valence-corrected chi connectivity index (χ4v) is 13.9. The van der Waals surface area contributed by atoms with Gasteiger partial charge in [-0.3, -0.25) is 0 Å². The van der Waals surface area contributed by atoms with Gasteiger partial charge >= 0.3 is 0 Å². The fourth-order valence-electron chi connectivity index (χ4n) is 13.9. The third-order valence-corrected chi connectivity index (χ3v) is 17.6. The Hall–Kier alpha value is -0.860. The Labute approximate surface area is 335 Å². The molecule has 7 rings (SSSR count). The quantitative estimate of drug-likeness (QED) is 0.117. The average Bonchev–Trinajstić information content (AvgIpc) is 3.14. The summed E-state index contributed by atoms with van der Waals surface area (Å²) < 4.78 is 24.8. The molecular weight excluding hydrogens is 744 g/mol. The zero-order chi connectivity index (χ0) is 42.0. The highest BCUT2D eigenvalue weighted by atomic mass is 16.7. The van der Waals surface area contributed by atoms with Crippen molar-refractivity contribution in [2.45, 2.75) is 179 Å². The molecule has 7 aliphatic rings. The third kappa shape index (κ3) is 6.39. The van der Waals surface area contributed by atoms with Crippen molar-refractivity contribution in [2.75, 3.05) is 19.8 Å². The molecule has 0 amide bonds. The van der Waals surface area contributed by atoms with E-state index in [0.29, 0.717) is 44.9 Å². The number of aliphatic hydroxyl groups excluding tert-OH is 11. The molecule has 0 spiro atoms. The number of hydrogen-bond acceptors (Lipinski definition) is 15. The second-order valence-corrected chi connectivity index (χ2v) is 21.0. The van der Waals surface area contributed by atoms with E-state index in [1.807, 2.05) is 6.92 Å². The average molecular weight is 815 g/mol. The molecule has 0 aromatic rings. The van der Waals surface area contributed by atoms with Gasteiger partial charge < -0.3 is 75.1 Å². The Morgan fingerprint density at radius 1 is 0.649 bits per heavy atom. The second kappa shape index (κ2) is 14.9. The van der Waals surface area contributed by atoms with Crippen LogP contribution in [-0.2, 0) is 18.9 Å². The van der Waals surface area contributed by atoms with Gasteiger partial charge in [0.25, 0.3) is 0 Å². The van der Waals surface area contributed by atoms with Gasteiger partial charge in [-0.25, -0.2) is 0 Å². The second-order valence-electron chi connectivity index (χ2n) is 21.0. The maximum absolute atomic E-state index is 12.6. The monoisotopic (exact) mass is 814 g/mol. The third-order valence-electron chi connectivity index (χ3n) is 17.6. The van der Waals surface area contributed by atoms with Crippen LogP contribution < -0.4 is 0 Å². The van der Waals surface area contributed by atoms with Crippen LogP contribution >= 0.6 is 0 Å². The fraction of sp³-hybridized carbons (Fsp3) is 0.952. The van der Waals surface area contributed by atoms with Crippen LogP contribution in [0.2, 0.25) is 0 Å². The predicted molar refractivity (Wildman–Crippen MR) is 202 cm³/mol. The Morgan fingerprint density at radius 3 is 1.72 bits per heavy atom. The molecule has 328 valence electrons. The van der Waals surface area contributed by atoms with Gasteiger partial charge in [0.15, 0.2) is 12.6 Å². The first-order valence-electron chi connectivity index (χ1n) is 21.1. The largest absolute Gasteiger partial charge is 0.396 e. The molecule has 6 fully saturated rings. The van der Waals surface area contributed by atoms with E-state index in [1.54, 1.807) is 0 Å². The maximum atomic E-state index is 12.6. The molecule has 2 heterocycles. The SMILES string of the molecule is CC1(C)CC2C3=CCC4C5(C)CCC(OC6OC(CO)C(O)C(O)C6O)C(C)(CO)C5C(O)CC4(C)C3(C)CC(OC3OC(CO)C(O)C(O)C3O)C2(C)CC1O. The van der Waals surface area contributed by atoms with Crippen LogP contribution in [0.1, 0.15) is 93.4 Å². The molecule has 22 atom stereocenters. The van der Waals surface area contributed by atoms with Gasteiger partial charge in [0.1, 0.15) is 48.8 Å². The number of aliphatic hydroxyl groups is 11. The normalized spacial score (nSPS) is 57.4. The molecule has 0 radical (unpaired) electrons. The van der Waals surface area contributed by atoms with Crippen molar-refractivity contribution in [3.05, 3.63) is 11.6 Å². The van der Waals surface area contributed by atoms with Crippen molar-refractivity contribution >= 4 is 0 Å². The van der Waals surface area contributed by atoms with Crippen LogP contribution in [0.25, 0.3) is 0 Å². The minimum Gasteiger partial charge on any atom is -0.396 e. The molecular formula is C42H70O15. The number of fused-ring (bicyclic) bond motifs is 7. The van der Waals surface area contributed by atoms with Gasteiger partial charge in [-0.2, -0.15) is 0 Å². The van der Waals surface area contributed by atoms with E-state index < -0.39 is 137 Å². The predicted octanol–water partition coefficient (Wildman–Crippen LogP) is -0.298. The highest BCUT2D eigenvalue weighted by Gasteiger charge is 2.73. The molecule has 5 aliphatic carbocycles. The van der Waals surface area contributed by atoms with Gasteiger partial charge in [-0.05, 0) is 78.4 Å². The summed E-state index contributed by atoms with van der Waals surface area (Å²) in [4.78, 5) is 0. The Morgan fingerprint density at radius 2 is 1.19 bits per heavy atom. The smallest absolute Gasteiger partial charge is 0.186 e. The summed E-state index contributed by atoms with van der Waals surface area (Å²) in [6, 6.07) is 0. The van der Waals surface area contributed by atoms with Gasteiger partial charge in [0.2, 0.25) is 0 Å². The summed E-state index contributed by atoms with van der Waals surface area (Å²) in [5.74, 6) is -0.518. The summed E-state index contributed by atoms with van der Waals surface area (Å²) in [6.07, 6.45) is -11.5. The lowest BCUT2D eigenvalue weighted by atomic mass is 9.32. The molecule has 11 N–H and O–H groups in total. The Bertz CT molecular complexity index is 1510. The Balaban J connectivity index is 1.24. The zero-order valence-electron chi connectivity index (χ0n) is 34.5. The first-order valence-corrected chi connectivity index (χ1v) is 21.1.